The Morgan fingerprint density at radius 3 is 2.25 bits per heavy atom. The minimum absolute atomic E-state index is 0.0266. The third kappa shape index (κ3) is 4.51. The summed E-state index contributed by atoms with van der Waals surface area (Å²) in [7, 11) is 0. The largest absolute Gasteiger partial charge is 0.481 e. The minimum atomic E-state index is -1.00. The zero-order chi connectivity index (χ0) is 19.9. The van der Waals surface area contributed by atoms with E-state index in [1.165, 1.54) is 0 Å². The standard InChI is InChI=1S/C22H25NO5/c1-2-11-27-13-15(21(24)25)12-23-22(26)28-14-20-18-9-5-3-7-16(18)17-8-4-6-10-19(17)20/h3-10,15,20H,2,11-14H2,1H3,(H,23,26)(H,24,25)/t15-/m1/s1. The number of nitrogens with one attached hydrogen (secondary N) is 1. The lowest BCUT2D eigenvalue weighted by atomic mass is 9.98. The van der Waals surface area contributed by atoms with E-state index in [-0.39, 0.29) is 25.7 Å². The van der Waals surface area contributed by atoms with E-state index in [2.05, 4.69) is 17.4 Å². The number of fused-ring (bicyclic) bond motifs is 3. The van der Waals surface area contributed by atoms with Gasteiger partial charge in [0.05, 0.1) is 12.5 Å². The zero-order valence-electron chi connectivity index (χ0n) is 15.9. The lowest BCUT2D eigenvalue weighted by Gasteiger charge is -2.16. The first-order valence-electron chi connectivity index (χ1n) is 9.51. The Kier molecular flexibility index (Phi) is 6.66. The predicted molar refractivity (Wildman–Crippen MR) is 105 cm³/mol. The molecule has 3 rings (SSSR count). The van der Waals surface area contributed by atoms with Gasteiger partial charge in [-0.05, 0) is 28.7 Å². The van der Waals surface area contributed by atoms with E-state index in [4.69, 9.17) is 9.47 Å². The molecule has 1 atom stereocenters. The Balaban J connectivity index is 1.57. The number of carbonyl (C=O) groups excluding carboxylic acids is 1. The summed E-state index contributed by atoms with van der Waals surface area (Å²) in [5, 5.41) is 11.8. The number of rotatable bonds is 9. The van der Waals surface area contributed by atoms with Gasteiger partial charge in [-0.15, -0.1) is 0 Å². The topological polar surface area (TPSA) is 84.9 Å². The highest BCUT2D eigenvalue weighted by atomic mass is 16.5. The van der Waals surface area contributed by atoms with Gasteiger partial charge in [-0.1, -0.05) is 55.5 Å². The lowest BCUT2D eigenvalue weighted by Crippen LogP contribution is -2.36. The molecular weight excluding hydrogens is 358 g/mol. The molecule has 0 radical (unpaired) electrons. The van der Waals surface area contributed by atoms with Crippen molar-refractivity contribution in [2.24, 2.45) is 5.92 Å². The van der Waals surface area contributed by atoms with Crippen LogP contribution in [-0.4, -0.2) is 43.5 Å². The smallest absolute Gasteiger partial charge is 0.407 e. The van der Waals surface area contributed by atoms with E-state index in [1.54, 1.807) is 0 Å². The van der Waals surface area contributed by atoms with Crippen LogP contribution in [0.25, 0.3) is 11.1 Å². The highest BCUT2D eigenvalue weighted by Crippen LogP contribution is 2.44. The Labute approximate surface area is 164 Å². The number of benzene rings is 2. The molecule has 1 aliphatic rings. The van der Waals surface area contributed by atoms with E-state index in [9.17, 15) is 14.7 Å². The van der Waals surface area contributed by atoms with Crippen molar-refractivity contribution in [2.75, 3.05) is 26.4 Å². The third-order valence-electron chi connectivity index (χ3n) is 4.85. The fraction of sp³-hybridized carbons (Fsp3) is 0.364. The molecule has 148 valence electrons. The molecule has 0 aromatic heterocycles. The van der Waals surface area contributed by atoms with Gasteiger partial charge in [0.1, 0.15) is 6.61 Å². The molecule has 0 unspecified atom stereocenters. The summed E-state index contributed by atoms with van der Waals surface area (Å²) in [5.41, 5.74) is 4.58. The van der Waals surface area contributed by atoms with Crippen LogP contribution in [-0.2, 0) is 14.3 Å². The molecule has 0 saturated carbocycles. The highest BCUT2D eigenvalue weighted by molar-refractivity contribution is 5.79. The summed E-state index contributed by atoms with van der Waals surface area (Å²) in [6.45, 7) is 2.67. The Hall–Kier alpha value is -2.86. The van der Waals surface area contributed by atoms with Crippen LogP contribution in [0.5, 0.6) is 0 Å². The molecule has 0 saturated heterocycles. The number of amides is 1. The SMILES string of the molecule is CCCOC[C@@H](CNC(=O)OCC1c2ccccc2-c2ccccc21)C(=O)O. The van der Waals surface area contributed by atoms with Crippen molar-refractivity contribution >= 4 is 12.1 Å². The van der Waals surface area contributed by atoms with Crippen molar-refractivity contribution in [1.29, 1.82) is 0 Å². The van der Waals surface area contributed by atoms with E-state index >= 15 is 0 Å². The molecule has 0 spiro atoms. The fourth-order valence-corrected chi connectivity index (χ4v) is 3.44. The second-order valence-corrected chi connectivity index (χ2v) is 6.82. The Morgan fingerprint density at radius 1 is 1.07 bits per heavy atom. The monoisotopic (exact) mass is 383 g/mol. The lowest BCUT2D eigenvalue weighted by molar-refractivity contribution is -0.143. The van der Waals surface area contributed by atoms with Crippen LogP contribution in [0.1, 0.15) is 30.4 Å². The van der Waals surface area contributed by atoms with Crippen LogP contribution >= 0.6 is 0 Å². The highest BCUT2D eigenvalue weighted by Gasteiger charge is 2.29. The quantitative estimate of drug-likeness (QED) is 0.646. The maximum absolute atomic E-state index is 12.1. The summed E-state index contributed by atoms with van der Waals surface area (Å²) in [4.78, 5) is 23.4. The number of hydrogen-bond acceptors (Lipinski definition) is 4. The van der Waals surface area contributed by atoms with Gasteiger partial charge in [0.25, 0.3) is 0 Å². The summed E-state index contributed by atoms with van der Waals surface area (Å²) >= 11 is 0. The van der Waals surface area contributed by atoms with E-state index in [0.717, 1.165) is 28.7 Å². The molecule has 0 bridgehead atoms. The number of carbonyl (C=O) groups is 2. The van der Waals surface area contributed by atoms with Gasteiger partial charge < -0.3 is 19.9 Å². The number of alkyl carbamates (subject to hydrolysis) is 1. The van der Waals surface area contributed by atoms with Crippen molar-refractivity contribution in [1.82, 2.24) is 5.32 Å². The summed E-state index contributed by atoms with van der Waals surface area (Å²) in [6, 6.07) is 16.2. The second kappa shape index (κ2) is 9.37. The van der Waals surface area contributed by atoms with Crippen LogP contribution in [0.4, 0.5) is 4.79 Å². The second-order valence-electron chi connectivity index (χ2n) is 6.82. The molecule has 6 heteroatoms. The molecule has 0 heterocycles. The van der Waals surface area contributed by atoms with Crippen LogP contribution in [0.2, 0.25) is 0 Å². The van der Waals surface area contributed by atoms with Crippen molar-refractivity contribution < 1.29 is 24.2 Å². The first-order valence-corrected chi connectivity index (χ1v) is 9.51. The summed E-state index contributed by atoms with van der Waals surface area (Å²) in [5.74, 6) is -1.83. The first kappa shape index (κ1) is 19.9. The number of ether oxygens (including phenoxy) is 2. The van der Waals surface area contributed by atoms with Gasteiger partial charge in [-0.3, -0.25) is 4.79 Å². The van der Waals surface area contributed by atoms with Gasteiger partial charge in [0.15, 0.2) is 0 Å². The predicted octanol–water partition coefficient (Wildman–Crippen LogP) is 3.65. The molecule has 1 amide bonds. The summed E-state index contributed by atoms with van der Waals surface area (Å²) < 4.78 is 10.7. The van der Waals surface area contributed by atoms with E-state index in [0.29, 0.717) is 6.61 Å². The van der Waals surface area contributed by atoms with Crippen LogP contribution in [0.3, 0.4) is 0 Å². The molecule has 28 heavy (non-hydrogen) atoms. The third-order valence-corrected chi connectivity index (χ3v) is 4.85. The Bertz CT molecular complexity index is 790. The van der Waals surface area contributed by atoms with Crippen molar-refractivity contribution in [3.8, 4) is 11.1 Å². The van der Waals surface area contributed by atoms with Gasteiger partial charge in [-0.2, -0.15) is 0 Å². The average molecular weight is 383 g/mol. The maximum Gasteiger partial charge on any atom is 0.407 e. The van der Waals surface area contributed by atoms with E-state index in [1.807, 2.05) is 43.3 Å². The number of carboxylic acids is 1. The van der Waals surface area contributed by atoms with Crippen molar-refractivity contribution in [3.63, 3.8) is 0 Å². The fourth-order valence-electron chi connectivity index (χ4n) is 3.44. The Morgan fingerprint density at radius 2 is 1.68 bits per heavy atom. The van der Waals surface area contributed by atoms with E-state index < -0.39 is 18.0 Å². The van der Waals surface area contributed by atoms with Gasteiger partial charge in [0, 0.05) is 19.1 Å². The van der Waals surface area contributed by atoms with Crippen LogP contribution < -0.4 is 5.32 Å². The van der Waals surface area contributed by atoms with Crippen LogP contribution in [0, 0.1) is 5.92 Å². The minimum Gasteiger partial charge on any atom is -0.481 e. The average Bonchev–Trinajstić information content (AvgIpc) is 3.02. The molecule has 2 aromatic rings. The molecule has 0 fully saturated rings. The number of aliphatic carboxylic acids is 1. The van der Waals surface area contributed by atoms with Crippen molar-refractivity contribution in [3.05, 3.63) is 59.7 Å². The maximum atomic E-state index is 12.1. The molecule has 6 nitrogen and oxygen atoms in total. The molecule has 2 aromatic carbocycles. The van der Waals surface area contributed by atoms with Crippen molar-refractivity contribution in [2.45, 2.75) is 19.3 Å². The van der Waals surface area contributed by atoms with Crippen LogP contribution in [0.15, 0.2) is 48.5 Å². The molecule has 1 aliphatic carbocycles. The number of hydrogen-bond donors (Lipinski definition) is 2. The molecule has 2 N–H and O–H groups in total. The van der Waals surface area contributed by atoms with Gasteiger partial charge in [-0.25, -0.2) is 4.79 Å². The molecular formula is C22H25NO5. The first-order chi connectivity index (χ1) is 13.6. The zero-order valence-corrected chi connectivity index (χ0v) is 15.9. The number of carboxylic acid groups (broad SMARTS) is 1. The van der Waals surface area contributed by atoms with Gasteiger partial charge >= 0.3 is 12.1 Å². The normalized spacial score (nSPS) is 13.5. The molecule has 0 aliphatic heterocycles. The summed E-state index contributed by atoms with van der Waals surface area (Å²) in [6.07, 6.45) is 0.190. The van der Waals surface area contributed by atoms with Gasteiger partial charge in [0.2, 0.25) is 0 Å².